The van der Waals surface area contributed by atoms with Gasteiger partial charge in [0.15, 0.2) is 0 Å². The lowest BCUT2D eigenvalue weighted by Gasteiger charge is -2.20. The number of carboxylic acid groups (broad SMARTS) is 1. The Labute approximate surface area is 163 Å². The zero-order chi connectivity index (χ0) is 20.1. The molecular formula is C21H35N3O3. The molecule has 6 heteroatoms. The molecule has 0 bridgehead atoms. The second kappa shape index (κ2) is 13.2. The Morgan fingerprint density at radius 2 is 1.48 bits per heavy atom. The van der Waals surface area contributed by atoms with Gasteiger partial charge < -0.3 is 15.7 Å². The summed E-state index contributed by atoms with van der Waals surface area (Å²) < 4.78 is 0. The monoisotopic (exact) mass is 377 g/mol. The number of nitrogens with zero attached hydrogens (tertiary/aromatic N) is 1. The molecule has 0 saturated heterocycles. The van der Waals surface area contributed by atoms with Crippen molar-refractivity contribution in [2.45, 2.75) is 96.6 Å². The molecule has 0 radical (unpaired) electrons. The Kier molecular flexibility index (Phi) is 11.2. The molecule has 1 fully saturated rings. The largest absolute Gasteiger partial charge is 0.480 e. The van der Waals surface area contributed by atoms with Crippen LogP contribution in [0.5, 0.6) is 0 Å². The molecule has 1 aliphatic carbocycles. The number of hydrogen-bond acceptors (Lipinski definition) is 4. The molecule has 1 saturated carbocycles. The first-order valence-electron chi connectivity index (χ1n) is 10.4. The molecule has 27 heavy (non-hydrogen) atoms. The SMILES string of the molecule is CC(C)C(N/C=C(/C#N)C(=O)NC1CCCCCCCCCCC1)C(=O)O. The maximum atomic E-state index is 12.5. The molecule has 0 aliphatic heterocycles. The molecule has 0 heterocycles. The highest BCUT2D eigenvalue weighted by Crippen LogP contribution is 2.17. The third-order valence-electron chi connectivity index (χ3n) is 5.15. The third-order valence-corrected chi connectivity index (χ3v) is 5.15. The van der Waals surface area contributed by atoms with Gasteiger partial charge in [-0.25, -0.2) is 4.79 Å². The van der Waals surface area contributed by atoms with Crippen LogP contribution in [0, 0.1) is 17.2 Å². The first kappa shape index (κ1) is 23.0. The van der Waals surface area contributed by atoms with E-state index in [-0.39, 0.29) is 17.5 Å². The molecule has 0 spiro atoms. The number of rotatable bonds is 6. The Bertz CT molecular complexity index is 525. The van der Waals surface area contributed by atoms with Gasteiger partial charge in [-0.1, -0.05) is 71.6 Å². The van der Waals surface area contributed by atoms with E-state index in [1.807, 2.05) is 6.07 Å². The van der Waals surface area contributed by atoms with Gasteiger partial charge in [0, 0.05) is 12.2 Å². The maximum Gasteiger partial charge on any atom is 0.326 e. The zero-order valence-corrected chi connectivity index (χ0v) is 16.8. The summed E-state index contributed by atoms with van der Waals surface area (Å²) in [6.45, 7) is 3.55. The van der Waals surface area contributed by atoms with Gasteiger partial charge >= 0.3 is 5.97 Å². The number of nitriles is 1. The Hall–Kier alpha value is -2.03. The number of hydrogen-bond donors (Lipinski definition) is 3. The quantitative estimate of drug-likeness (QED) is 0.481. The first-order valence-corrected chi connectivity index (χ1v) is 10.4. The molecule has 1 aliphatic rings. The van der Waals surface area contributed by atoms with Crippen LogP contribution in [-0.2, 0) is 9.59 Å². The minimum absolute atomic E-state index is 0.0759. The average molecular weight is 378 g/mol. The van der Waals surface area contributed by atoms with Crippen molar-refractivity contribution in [1.82, 2.24) is 10.6 Å². The molecule has 152 valence electrons. The van der Waals surface area contributed by atoms with Crippen LogP contribution in [0.15, 0.2) is 11.8 Å². The van der Waals surface area contributed by atoms with Crippen LogP contribution in [0.1, 0.15) is 84.5 Å². The van der Waals surface area contributed by atoms with Crippen LogP contribution >= 0.6 is 0 Å². The first-order chi connectivity index (χ1) is 13.0. The number of aliphatic carboxylic acids is 1. The second-order valence-electron chi connectivity index (χ2n) is 7.83. The summed E-state index contributed by atoms with van der Waals surface area (Å²) in [5, 5.41) is 24.2. The van der Waals surface area contributed by atoms with Crippen molar-refractivity contribution in [2.75, 3.05) is 0 Å². The van der Waals surface area contributed by atoms with Crippen LogP contribution in [0.2, 0.25) is 0 Å². The van der Waals surface area contributed by atoms with E-state index in [1.54, 1.807) is 13.8 Å². The van der Waals surface area contributed by atoms with Gasteiger partial charge in [0.05, 0.1) is 0 Å². The molecule has 1 rings (SSSR count). The summed E-state index contributed by atoms with van der Waals surface area (Å²) in [6, 6.07) is 1.13. The summed E-state index contributed by atoms with van der Waals surface area (Å²) in [6.07, 6.45) is 14.1. The maximum absolute atomic E-state index is 12.5. The summed E-state index contributed by atoms with van der Waals surface area (Å²) in [7, 11) is 0. The molecule has 0 aromatic carbocycles. The fourth-order valence-corrected chi connectivity index (χ4v) is 3.44. The third kappa shape index (κ3) is 9.46. The van der Waals surface area contributed by atoms with Crippen molar-refractivity contribution in [3.8, 4) is 6.07 Å². The summed E-state index contributed by atoms with van der Waals surface area (Å²) in [5.41, 5.74) is -0.0759. The number of nitrogens with one attached hydrogen (secondary N) is 2. The predicted molar refractivity (Wildman–Crippen MR) is 106 cm³/mol. The van der Waals surface area contributed by atoms with Crippen molar-refractivity contribution >= 4 is 11.9 Å². The number of carbonyl (C=O) groups excluding carboxylic acids is 1. The van der Waals surface area contributed by atoms with Gasteiger partial charge in [-0.05, 0) is 18.8 Å². The summed E-state index contributed by atoms with van der Waals surface area (Å²) >= 11 is 0. The van der Waals surface area contributed by atoms with Crippen molar-refractivity contribution in [3.05, 3.63) is 11.8 Å². The lowest BCUT2D eigenvalue weighted by atomic mass is 9.97. The minimum atomic E-state index is -1.00. The number of amides is 1. The van der Waals surface area contributed by atoms with Crippen molar-refractivity contribution in [2.24, 2.45) is 5.92 Å². The van der Waals surface area contributed by atoms with Gasteiger partial charge in [0.2, 0.25) is 0 Å². The lowest BCUT2D eigenvalue weighted by Crippen LogP contribution is -2.39. The van der Waals surface area contributed by atoms with Crippen LogP contribution in [0.3, 0.4) is 0 Å². The molecule has 0 aromatic rings. The number of carboxylic acids is 1. The highest BCUT2D eigenvalue weighted by Gasteiger charge is 2.21. The molecule has 3 N–H and O–H groups in total. The summed E-state index contributed by atoms with van der Waals surface area (Å²) in [4.78, 5) is 23.7. The van der Waals surface area contributed by atoms with E-state index >= 15 is 0 Å². The van der Waals surface area contributed by atoms with E-state index in [0.29, 0.717) is 0 Å². The molecular weight excluding hydrogens is 342 g/mol. The van der Waals surface area contributed by atoms with Gasteiger partial charge in [-0.15, -0.1) is 0 Å². The van der Waals surface area contributed by atoms with Gasteiger partial charge in [0.25, 0.3) is 5.91 Å². The molecule has 1 atom stereocenters. The highest BCUT2D eigenvalue weighted by molar-refractivity contribution is 5.97. The Balaban J connectivity index is 2.65. The fourth-order valence-electron chi connectivity index (χ4n) is 3.44. The van der Waals surface area contributed by atoms with Crippen molar-refractivity contribution in [3.63, 3.8) is 0 Å². The van der Waals surface area contributed by atoms with E-state index < -0.39 is 17.9 Å². The van der Waals surface area contributed by atoms with E-state index in [0.717, 1.165) is 25.7 Å². The van der Waals surface area contributed by atoms with Crippen LogP contribution in [0.25, 0.3) is 0 Å². The zero-order valence-electron chi connectivity index (χ0n) is 16.8. The Morgan fingerprint density at radius 1 is 1.00 bits per heavy atom. The topological polar surface area (TPSA) is 102 Å². The second-order valence-corrected chi connectivity index (χ2v) is 7.83. The molecule has 6 nitrogen and oxygen atoms in total. The van der Waals surface area contributed by atoms with Crippen molar-refractivity contribution < 1.29 is 14.7 Å². The average Bonchev–Trinajstić information content (AvgIpc) is 2.60. The van der Waals surface area contributed by atoms with Crippen LogP contribution in [0.4, 0.5) is 0 Å². The van der Waals surface area contributed by atoms with Gasteiger partial charge in [-0.2, -0.15) is 5.26 Å². The fraction of sp³-hybridized carbons (Fsp3) is 0.762. The summed E-state index contributed by atoms with van der Waals surface area (Å²) in [5.74, 6) is -1.58. The van der Waals surface area contributed by atoms with Crippen LogP contribution in [-0.4, -0.2) is 29.1 Å². The predicted octanol–water partition coefficient (Wildman–Crippen LogP) is 3.88. The van der Waals surface area contributed by atoms with Crippen LogP contribution < -0.4 is 10.6 Å². The normalized spacial score (nSPS) is 19.3. The van der Waals surface area contributed by atoms with E-state index in [4.69, 9.17) is 0 Å². The van der Waals surface area contributed by atoms with Crippen molar-refractivity contribution in [1.29, 1.82) is 5.26 Å². The molecule has 1 amide bonds. The van der Waals surface area contributed by atoms with E-state index in [2.05, 4.69) is 10.6 Å². The number of carbonyl (C=O) groups is 2. The molecule has 0 aromatic heterocycles. The molecule has 1 unspecified atom stereocenters. The van der Waals surface area contributed by atoms with E-state index in [9.17, 15) is 20.0 Å². The lowest BCUT2D eigenvalue weighted by molar-refractivity contribution is -0.140. The Morgan fingerprint density at radius 3 is 1.89 bits per heavy atom. The standard InChI is InChI=1S/C21H35N3O3/c1-16(2)19(21(26)27)23-15-17(14-22)20(25)24-18-12-10-8-6-4-3-5-7-9-11-13-18/h15-16,18-19,23H,3-13H2,1-2H3,(H,24,25)(H,26,27)/b17-15-. The minimum Gasteiger partial charge on any atom is -0.480 e. The van der Waals surface area contributed by atoms with E-state index in [1.165, 1.54) is 51.1 Å². The van der Waals surface area contributed by atoms with Gasteiger partial charge in [-0.3, -0.25) is 4.79 Å². The highest BCUT2D eigenvalue weighted by atomic mass is 16.4. The smallest absolute Gasteiger partial charge is 0.326 e. The van der Waals surface area contributed by atoms with Gasteiger partial charge in [0.1, 0.15) is 17.7 Å².